The van der Waals surface area contributed by atoms with E-state index in [1.165, 1.54) is 17.7 Å². The van der Waals surface area contributed by atoms with Gasteiger partial charge in [0, 0.05) is 35.9 Å². The zero-order valence-electron chi connectivity index (χ0n) is 15.1. The summed E-state index contributed by atoms with van der Waals surface area (Å²) in [5.74, 6) is 0.389. The van der Waals surface area contributed by atoms with Gasteiger partial charge in [-0.25, -0.2) is 19.7 Å². The van der Waals surface area contributed by atoms with Crippen molar-refractivity contribution in [1.29, 1.82) is 0 Å². The lowest BCUT2D eigenvalue weighted by molar-refractivity contribution is 0.0883. The van der Waals surface area contributed by atoms with Crippen molar-refractivity contribution in [1.82, 2.24) is 19.9 Å². The summed E-state index contributed by atoms with van der Waals surface area (Å²) < 4.78 is 0. The van der Waals surface area contributed by atoms with Gasteiger partial charge >= 0.3 is 6.03 Å². The number of urea groups is 1. The zero-order valence-corrected chi connectivity index (χ0v) is 15.9. The van der Waals surface area contributed by atoms with E-state index < -0.39 is 6.10 Å². The van der Waals surface area contributed by atoms with Crippen molar-refractivity contribution >= 4 is 28.9 Å². The van der Waals surface area contributed by atoms with E-state index >= 15 is 0 Å². The number of nitrogens with two attached hydrogens (primary N) is 1. The van der Waals surface area contributed by atoms with Crippen molar-refractivity contribution in [2.75, 3.05) is 24.1 Å². The van der Waals surface area contributed by atoms with Gasteiger partial charge in [-0.1, -0.05) is 12.1 Å². The molecule has 144 valence electrons. The minimum atomic E-state index is -0.450. The fourth-order valence-electron chi connectivity index (χ4n) is 3.13. The summed E-state index contributed by atoms with van der Waals surface area (Å²) in [6, 6.07) is 7.31. The molecule has 4 N–H and O–H groups in total. The van der Waals surface area contributed by atoms with E-state index in [1.54, 1.807) is 11.1 Å². The van der Waals surface area contributed by atoms with E-state index in [9.17, 15) is 9.90 Å². The van der Waals surface area contributed by atoms with Gasteiger partial charge in [0.15, 0.2) is 0 Å². The molecule has 9 heteroatoms. The third-order valence-corrected chi connectivity index (χ3v) is 5.45. The zero-order chi connectivity index (χ0) is 19.5. The Labute approximate surface area is 166 Å². The molecule has 1 unspecified atom stereocenters. The van der Waals surface area contributed by atoms with Crippen LogP contribution in [0.1, 0.15) is 12.8 Å². The smallest absolute Gasteiger partial charge is 0.321 e. The number of β-amino-alcohol motifs (C(OH)–C–C–N with tert-alkyl or cyclic N) is 1. The highest BCUT2D eigenvalue weighted by molar-refractivity contribution is 7.13. The van der Waals surface area contributed by atoms with Gasteiger partial charge in [0.1, 0.15) is 17.2 Å². The first kappa shape index (κ1) is 18.3. The first-order chi connectivity index (χ1) is 13.6. The number of aliphatic hydroxyl groups excluding tert-OH is 1. The lowest BCUT2D eigenvalue weighted by atomic mass is 10.1. The minimum Gasteiger partial charge on any atom is -0.391 e. The predicted octanol–water partition coefficient (Wildman–Crippen LogP) is 2.84. The molecule has 1 aliphatic heterocycles. The number of rotatable bonds is 3. The van der Waals surface area contributed by atoms with Crippen molar-refractivity contribution in [2.45, 2.75) is 18.9 Å². The average Bonchev–Trinajstić information content (AvgIpc) is 3.18. The second-order valence-electron chi connectivity index (χ2n) is 6.61. The lowest BCUT2D eigenvalue weighted by Gasteiger charge is -2.30. The maximum Gasteiger partial charge on any atom is 0.321 e. The van der Waals surface area contributed by atoms with Crippen molar-refractivity contribution in [3.05, 3.63) is 42.2 Å². The molecule has 0 radical (unpaired) electrons. The van der Waals surface area contributed by atoms with Crippen molar-refractivity contribution in [3.63, 3.8) is 0 Å². The van der Waals surface area contributed by atoms with Crippen LogP contribution < -0.4 is 11.1 Å². The van der Waals surface area contributed by atoms with Crippen LogP contribution in [-0.4, -0.2) is 50.2 Å². The fraction of sp³-hybridized carbons (Fsp3) is 0.263. The molecule has 2 aromatic heterocycles. The van der Waals surface area contributed by atoms with Gasteiger partial charge in [0.2, 0.25) is 0 Å². The Kier molecular flexibility index (Phi) is 5.18. The fourth-order valence-corrected chi connectivity index (χ4v) is 3.98. The summed E-state index contributed by atoms with van der Waals surface area (Å²) in [7, 11) is 0. The summed E-state index contributed by atoms with van der Waals surface area (Å²) in [4.78, 5) is 26.7. The highest BCUT2D eigenvalue weighted by atomic mass is 32.1. The molecule has 28 heavy (non-hydrogen) atoms. The second-order valence-corrected chi connectivity index (χ2v) is 7.47. The summed E-state index contributed by atoms with van der Waals surface area (Å²) in [5.41, 5.74) is 8.96. The number of aromatic nitrogens is 3. The van der Waals surface area contributed by atoms with Gasteiger partial charge in [-0.15, -0.1) is 11.3 Å². The number of nitrogens with zero attached hydrogens (tertiary/aromatic N) is 4. The van der Waals surface area contributed by atoms with Crippen LogP contribution in [0.4, 0.5) is 16.3 Å². The summed E-state index contributed by atoms with van der Waals surface area (Å²) in [6.45, 7) is 1.01. The van der Waals surface area contributed by atoms with Gasteiger partial charge in [0.25, 0.3) is 0 Å². The van der Waals surface area contributed by atoms with Crippen LogP contribution in [0, 0.1) is 0 Å². The molecule has 2 amide bonds. The molecule has 3 aromatic rings. The number of amides is 2. The molecule has 1 saturated heterocycles. The molecule has 1 fully saturated rings. The normalized spacial score (nSPS) is 16.8. The van der Waals surface area contributed by atoms with Crippen LogP contribution in [-0.2, 0) is 0 Å². The molecule has 0 spiro atoms. The Morgan fingerprint density at radius 1 is 1.39 bits per heavy atom. The Morgan fingerprint density at radius 2 is 2.29 bits per heavy atom. The van der Waals surface area contributed by atoms with Crippen molar-refractivity contribution < 1.29 is 9.90 Å². The Morgan fingerprint density at radius 3 is 3.11 bits per heavy atom. The number of benzene rings is 1. The van der Waals surface area contributed by atoms with Crippen LogP contribution in [0.2, 0.25) is 0 Å². The number of anilines is 2. The van der Waals surface area contributed by atoms with Crippen molar-refractivity contribution in [2.24, 2.45) is 0 Å². The van der Waals surface area contributed by atoms with E-state index in [1.807, 2.05) is 29.6 Å². The molecule has 0 bridgehead atoms. The Balaban J connectivity index is 1.51. The van der Waals surface area contributed by atoms with Crippen LogP contribution in [0.15, 0.2) is 42.2 Å². The maximum absolute atomic E-state index is 12.4. The first-order valence-electron chi connectivity index (χ1n) is 8.96. The van der Waals surface area contributed by atoms with E-state index in [4.69, 9.17) is 5.73 Å². The van der Waals surface area contributed by atoms with Gasteiger partial charge in [-0.05, 0) is 25.0 Å². The first-order valence-corrected chi connectivity index (χ1v) is 9.84. The molecule has 0 saturated carbocycles. The monoisotopic (exact) mass is 396 g/mol. The molecule has 1 aromatic carbocycles. The number of piperidine rings is 1. The van der Waals surface area contributed by atoms with Gasteiger partial charge in [-0.2, -0.15) is 0 Å². The van der Waals surface area contributed by atoms with Crippen molar-refractivity contribution in [3.8, 4) is 21.8 Å². The SMILES string of the molecule is Nc1ncncc1-c1nc(-c2cccc(NC(=O)N3CCCC(O)C3)c2)cs1. The highest BCUT2D eigenvalue weighted by Gasteiger charge is 2.22. The largest absolute Gasteiger partial charge is 0.391 e. The Hall–Kier alpha value is -3.04. The quantitative estimate of drug-likeness (QED) is 0.627. The molecule has 4 rings (SSSR count). The third-order valence-electron chi connectivity index (χ3n) is 4.57. The van der Waals surface area contributed by atoms with Crippen LogP contribution in [0.25, 0.3) is 21.8 Å². The highest BCUT2D eigenvalue weighted by Crippen LogP contribution is 2.31. The number of nitrogen functional groups attached to an aromatic ring is 1. The molecule has 1 aliphatic rings. The predicted molar refractivity (Wildman–Crippen MR) is 109 cm³/mol. The standard InChI is InChI=1S/C19H20N6O2S/c20-17-15(8-21-11-22-17)18-24-16(10-28-18)12-3-1-4-13(7-12)23-19(27)25-6-2-5-14(26)9-25/h1,3-4,7-8,10-11,14,26H,2,5-6,9H2,(H,23,27)(H2,20,21,22). The number of aliphatic hydroxyl groups is 1. The topological polar surface area (TPSA) is 117 Å². The molecule has 0 aliphatic carbocycles. The number of thiazole rings is 1. The number of hydrogen-bond acceptors (Lipinski definition) is 7. The molecule has 1 atom stereocenters. The second kappa shape index (κ2) is 7.91. The van der Waals surface area contributed by atoms with Crippen LogP contribution in [0.3, 0.4) is 0 Å². The minimum absolute atomic E-state index is 0.205. The van der Waals surface area contributed by atoms with E-state index in [-0.39, 0.29) is 6.03 Å². The number of likely N-dealkylation sites (tertiary alicyclic amines) is 1. The molecule has 3 heterocycles. The average molecular weight is 396 g/mol. The number of hydrogen-bond donors (Lipinski definition) is 3. The summed E-state index contributed by atoms with van der Waals surface area (Å²) in [5, 5.41) is 15.3. The summed E-state index contributed by atoms with van der Waals surface area (Å²) >= 11 is 1.46. The van der Waals surface area contributed by atoms with Gasteiger partial charge < -0.3 is 21.1 Å². The van der Waals surface area contributed by atoms with E-state index in [0.717, 1.165) is 29.1 Å². The third kappa shape index (κ3) is 3.95. The maximum atomic E-state index is 12.4. The van der Waals surface area contributed by atoms with E-state index in [2.05, 4.69) is 20.3 Å². The van der Waals surface area contributed by atoms with Gasteiger partial charge in [-0.3, -0.25) is 0 Å². The number of carbonyl (C=O) groups excluding carboxylic acids is 1. The van der Waals surface area contributed by atoms with Gasteiger partial charge in [0.05, 0.1) is 17.4 Å². The van der Waals surface area contributed by atoms with Crippen LogP contribution in [0.5, 0.6) is 0 Å². The molecular formula is C19H20N6O2S. The van der Waals surface area contributed by atoms with Crippen LogP contribution >= 0.6 is 11.3 Å². The molecular weight excluding hydrogens is 376 g/mol. The summed E-state index contributed by atoms with van der Waals surface area (Å²) in [6.07, 6.45) is 4.15. The Bertz CT molecular complexity index is 992. The van der Waals surface area contributed by atoms with E-state index in [0.29, 0.717) is 30.2 Å². The molecule has 8 nitrogen and oxygen atoms in total. The number of nitrogens with one attached hydrogen (secondary N) is 1. The lowest BCUT2D eigenvalue weighted by Crippen LogP contribution is -2.44. The number of carbonyl (C=O) groups is 1.